The van der Waals surface area contributed by atoms with Crippen LogP contribution >= 0.6 is 23.2 Å². The Morgan fingerprint density at radius 2 is 1.71 bits per heavy atom. The summed E-state index contributed by atoms with van der Waals surface area (Å²) in [6, 6.07) is 11.7. The number of anilines is 2. The number of carbonyl (C=O) groups excluding carboxylic acids is 4. The maximum Gasteiger partial charge on any atom is 0.335 e. The fraction of sp³-hybridized carbons (Fsp3) is 0.250. The maximum atomic E-state index is 13.5. The molecule has 0 bridgehead atoms. The van der Waals surface area contributed by atoms with E-state index < -0.39 is 30.4 Å². The van der Waals surface area contributed by atoms with Crippen LogP contribution in [0.3, 0.4) is 0 Å². The Morgan fingerprint density at radius 3 is 2.40 bits per heavy atom. The van der Waals surface area contributed by atoms with Gasteiger partial charge in [0.2, 0.25) is 0 Å². The molecular formula is C32H31Cl2N3O8. The highest BCUT2D eigenvalue weighted by molar-refractivity contribution is 6.39. The number of nitrogens with one attached hydrogen (secondary N) is 2. The highest BCUT2D eigenvalue weighted by atomic mass is 35.5. The lowest BCUT2D eigenvalue weighted by Crippen LogP contribution is -2.54. The van der Waals surface area contributed by atoms with Crippen molar-refractivity contribution in [3.8, 4) is 23.0 Å². The summed E-state index contributed by atoms with van der Waals surface area (Å²) in [6.07, 6.45) is 2.05. The minimum atomic E-state index is -0.922. The van der Waals surface area contributed by atoms with Crippen molar-refractivity contribution in [2.24, 2.45) is 0 Å². The second kappa shape index (κ2) is 14.8. The van der Waals surface area contributed by atoms with Gasteiger partial charge in [-0.25, -0.2) is 9.69 Å². The summed E-state index contributed by atoms with van der Waals surface area (Å²) < 4.78 is 22.4. The molecule has 0 radical (unpaired) electrons. The second-order valence-corrected chi connectivity index (χ2v) is 10.5. The highest BCUT2D eigenvalue weighted by Crippen LogP contribution is 2.38. The van der Waals surface area contributed by atoms with E-state index in [-0.39, 0.29) is 34.4 Å². The number of carbonyl (C=O) groups is 4. The predicted molar refractivity (Wildman–Crippen MR) is 171 cm³/mol. The topological polar surface area (TPSA) is 132 Å². The van der Waals surface area contributed by atoms with Crippen LogP contribution < -0.4 is 34.5 Å². The first-order valence-corrected chi connectivity index (χ1v) is 14.7. The molecule has 4 rings (SSSR count). The SMILES string of the molecule is CCCOc1ccc(N2C(=O)NC(=O)/C(=C/c3cc(Cl)c(OCC(=O)Nc4ccc(C)c(Cl)c4)c(OCC)c3)C2=O)cc1OC. The summed E-state index contributed by atoms with van der Waals surface area (Å²) in [7, 11) is 1.43. The van der Waals surface area contributed by atoms with E-state index in [1.807, 2.05) is 13.8 Å². The van der Waals surface area contributed by atoms with Gasteiger partial charge in [-0.05, 0) is 73.9 Å². The quantitative estimate of drug-likeness (QED) is 0.175. The van der Waals surface area contributed by atoms with Crippen LogP contribution in [0.25, 0.3) is 6.08 Å². The molecule has 236 valence electrons. The fourth-order valence-corrected chi connectivity index (χ4v) is 4.72. The van der Waals surface area contributed by atoms with Gasteiger partial charge in [0.05, 0.1) is 31.0 Å². The molecule has 3 aromatic rings. The van der Waals surface area contributed by atoms with Gasteiger partial charge in [-0.1, -0.05) is 36.2 Å². The molecule has 45 heavy (non-hydrogen) atoms. The highest BCUT2D eigenvalue weighted by Gasteiger charge is 2.37. The van der Waals surface area contributed by atoms with Crippen LogP contribution in [0, 0.1) is 6.92 Å². The first kappa shape index (κ1) is 33.2. The number of nitrogens with zero attached hydrogens (tertiary/aromatic N) is 1. The standard InChI is InChI=1S/C32H31Cl2N3O8/c1-5-11-44-25-10-9-21(16-26(25)42-4)37-31(40)22(30(39)36-32(37)41)12-19-13-24(34)29(27(14-19)43-6-2)45-17-28(38)35-20-8-7-18(3)23(33)15-20/h7-10,12-16H,5-6,11,17H2,1-4H3,(H,35,38)(H,36,39,41)/b22-12-. The molecule has 2 N–H and O–H groups in total. The monoisotopic (exact) mass is 655 g/mol. The van der Waals surface area contributed by atoms with Crippen molar-refractivity contribution in [1.82, 2.24) is 5.32 Å². The van der Waals surface area contributed by atoms with E-state index in [0.29, 0.717) is 34.4 Å². The predicted octanol–water partition coefficient (Wildman–Crippen LogP) is 6.18. The molecule has 5 amide bonds. The van der Waals surface area contributed by atoms with Crippen LogP contribution in [0.1, 0.15) is 31.4 Å². The minimum Gasteiger partial charge on any atom is -0.493 e. The summed E-state index contributed by atoms with van der Waals surface area (Å²) in [4.78, 5) is 52.4. The largest absolute Gasteiger partial charge is 0.493 e. The average Bonchev–Trinajstić information content (AvgIpc) is 3.00. The Morgan fingerprint density at radius 1 is 0.933 bits per heavy atom. The number of amides is 5. The molecule has 11 nitrogen and oxygen atoms in total. The van der Waals surface area contributed by atoms with Gasteiger partial charge < -0.3 is 24.3 Å². The number of methoxy groups -OCH3 is 1. The van der Waals surface area contributed by atoms with E-state index in [9.17, 15) is 19.2 Å². The minimum absolute atomic E-state index is 0.0583. The molecule has 1 saturated heterocycles. The van der Waals surface area contributed by atoms with Gasteiger partial charge in [0.1, 0.15) is 5.57 Å². The average molecular weight is 657 g/mol. The number of barbiturate groups is 1. The van der Waals surface area contributed by atoms with Gasteiger partial charge in [-0.15, -0.1) is 0 Å². The zero-order valence-corrected chi connectivity index (χ0v) is 26.5. The molecule has 0 atom stereocenters. The number of halogens is 2. The number of hydrogen-bond donors (Lipinski definition) is 2. The molecule has 13 heteroatoms. The fourth-order valence-electron chi connectivity index (χ4n) is 4.26. The number of benzene rings is 3. The van der Waals surface area contributed by atoms with E-state index >= 15 is 0 Å². The third kappa shape index (κ3) is 7.86. The van der Waals surface area contributed by atoms with E-state index in [0.717, 1.165) is 16.9 Å². The molecule has 1 aliphatic heterocycles. The van der Waals surface area contributed by atoms with Crippen LogP contribution in [-0.4, -0.2) is 50.7 Å². The van der Waals surface area contributed by atoms with E-state index in [4.69, 9.17) is 42.1 Å². The van der Waals surface area contributed by atoms with Gasteiger partial charge >= 0.3 is 6.03 Å². The normalized spacial score (nSPS) is 13.9. The third-order valence-corrected chi connectivity index (χ3v) is 7.10. The van der Waals surface area contributed by atoms with E-state index in [1.165, 1.54) is 37.5 Å². The number of urea groups is 1. The smallest absolute Gasteiger partial charge is 0.335 e. The van der Waals surface area contributed by atoms with Gasteiger partial charge in [0, 0.05) is 16.8 Å². The molecule has 1 aliphatic rings. The van der Waals surface area contributed by atoms with Crippen LogP contribution in [-0.2, 0) is 14.4 Å². The summed E-state index contributed by atoms with van der Waals surface area (Å²) in [5, 5.41) is 5.45. The number of imide groups is 2. The van der Waals surface area contributed by atoms with Gasteiger partial charge in [0.15, 0.2) is 29.6 Å². The molecule has 0 saturated carbocycles. The van der Waals surface area contributed by atoms with E-state index in [2.05, 4.69) is 10.6 Å². The van der Waals surface area contributed by atoms with E-state index in [1.54, 1.807) is 31.2 Å². The summed E-state index contributed by atoms with van der Waals surface area (Å²) in [6.45, 7) is 5.83. The van der Waals surface area contributed by atoms with Gasteiger partial charge in [0.25, 0.3) is 17.7 Å². The Bertz CT molecular complexity index is 1670. The number of hydrogen-bond acceptors (Lipinski definition) is 8. The van der Waals surface area contributed by atoms with Gasteiger partial charge in [-0.2, -0.15) is 0 Å². The van der Waals surface area contributed by atoms with Crippen LogP contribution in [0.2, 0.25) is 10.0 Å². The van der Waals surface area contributed by atoms with Crippen molar-refractivity contribution in [3.63, 3.8) is 0 Å². The molecule has 3 aromatic carbocycles. The van der Waals surface area contributed by atoms with Crippen molar-refractivity contribution < 1.29 is 38.1 Å². The first-order chi connectivity index (χ1) is 21.6. The summed E-state index contributed by atoms with van der Waals surface area (Å²) in [5.74, 6) is -1.20. The molecule has 0 aliphatic carbocycles. The zero-order valence-electron chi connectivity index (χ0n) is 25.0. The van der Waals surface area contributed by atoms with Crippen molar-refractivity contribution >= 4 is 64.4 Å². The van der Waals surface area contributed by atoms with Crippen molar-refractivity contribution in [2.75, 3.05) is 37.1 Å². The molecule has 1 heterocycles. The van der Waals surface area contributed by atoms with Crippen LogP contribution in [0.15, 0.2) is 54.1 Å². The van der Waals surface area contributed by atoms with Crippen molar-refractivity contribution in [1.29, 1.82) is 0 Å². The lowest BCUT2D eigenvalue weighted by Gasteiger charge is -2.27. The van der Waals surface area contributed by atoms with Gasteiger partial charge in [-0.3, -0.25) is 19.7 Å². The lowest BCUT2D eigenvalue weighted by molar-refractivity contribution is -0.122. The first-order valence-electron chi connectivity index (χ1n) is 13.9. The number of ether oxygens (including phenoxy) is 4. The Balaban J connectivity index is 1.58. The molecular weight excluding hydrogens is 625 g/mol. The Hall–Kier alpha value is -4.74. The lowest BCUT2D eigenvalue weighted by atomic mass is 10.1. The Kier molecular flexibility index (Phi) is 10.9. The Labute approximate surface area is 270 Å². The van der Waals surface area contributed by atoms with Crippen LogP contribution in [0.4, 0.5) is 16.2 Å². The summed E-state index contributed by atoms with van der Waals surface area (Å²) in [5.41, 5.74) is 1.51. The molecule has 0 aromatic heterocycles. The number of aryl methyl sites for hydroxylation is 1. The summed E-state index contributed by atoms with van der Waals surface area (Å²) >= 11 is 12.6. The molecule has 1 fully saturated rings. The third-order valence-electron chi connectivity index (χ3n) is 6.41. The van der Waals surface area contributed by atoms with Crippen molar-refractivity contribution in [2.45, 2.75) is 27.2 Å². The maximum absolute atomic E-state index is 13.5. The molecule has 0 spiro atoms. The molecule has 0 unspecified atom stereocenters. The van der Waals surface area contributed by atoms with Crippen molar-refractivity contribution in [3.05, 3.63) is 75.3 Å². The number of rotatable bonds is 12. The second-order valence-electron chi connectivity index (χ2n) is 9.71. The zero-order chi connectivity index (χ0) is 32.7. The van der Waals surface area contributed by atoms with Crippen LogP contribution in [0.5, 0.6) is 23.0 Å².